The van der Waals surface area contributed by atoms with Crippen molar-refractivity contribution in [2.24, 2.45) is 5.92 Å². The zero-order valence-electron chi connectivity index (χ0n) is 9.90. The standard InChI is InChI=1S/C12H12F5NO/c13-8-7(4-18-2-1-6(3-18)5-19)9(14)11(16)12(17)10(8)15/h6,19H,1-5H2. The van der Waals surface area contributed by atoms with Crippen LogP contribution in [0.25, 0.3) is 0 Å². The third kappa shape index (κ3) is 2.57. The zero-order chi connectivity index (χ0) is 14.2. The van der Waals surface area contributed by atoms with E-state index in [4.69, 9.17) is 5.11 Å². The minimum absolute atomic E-state index is 0.0266. The SMILES string of the molecule is OCC1CCN(Cc2c(F)c(F)c(F)c(F)c2F)C1. The van der Waals surface area contributed by atoms with Gasteiger partial charge in [0.2, 0.25) is 5.82 Å². The van der Waals surface area contributed by atoms with Gasteiger partial charge in [0, 0.05) is 25.3 Å². The van der Waals surface area contributed by atoms with Gasteiger partial charge in [0.1, 0.15) is 0 Å². The fourth-order valence-corrected chi connectivity index (χ4v) is 2.22. The summed E-state index contributed by atoms with van der Waals surface area (Å²) < 4.78 is 65.7. The predicted molar refractivity (Wildman–Crippen MR) is 56.7 cm³/mol. The summed E-state index contributed by atoms with van der Waals surface area (Å²) >= 11 is 0. The molecule has 106 valence electrons. The Morgan fingerprint density at radius 1 is 0.947 bits per heavy atom. The highest BCUT2D eigenvalue weighted by molar-refractivity contribution is 5.24. The average molecular weight is 281 g/mol. The minimum atomic E-state index is -2.14. The Balaban J connectivity index is 2.26. The number of benzene rings is 1. The fraction of sp³-hybridized carbons (Fsp3) is 0.500. The Morgan fingerprint density at radius 2 is 1.47 bits per heavy atom. The van der Waals surface area contributed by atoms with Crippen LogP contribution in [0.5, 0.6) is 0 Å². The van der Waals surface area contributed by atoms with E-state index in [1.807, 2.05) is 0 Å². The second-order valence-electron chi connectivity index (χ2n) is 4.62. The van der Waals surface area contributed by atoms with Crippen molar-refractivity contribution >= 4 is 0 Å². The van der Waals surface area contributed by atoms with Crippen molar-refractivity contribution in [3.8, 4) is 0 Å². The summed E-state index contributed by atoms with van der Waals surface area (Å²) in [6, 6.07) is 0. The molecule has 19 heavy (non-hydrogen) atoms. The van der Waals surface area contributed by atoms with Crippen molar-refractivity contribution in [1.82, 2.24) is 4.90 Å². The molecule has 1 heterocycles. The van der Waals surface area contributed by atoms with E-state index >= 15 is 0 Å². The van der Waals surface area contributed by atoms with Gasteiger partial charge in [0.05, 0.1) is 0 Å². The first-order chi connectivity index (χ1) is 8.95. The van der Waals surface area contributed by atoms with Gasteiger partial charge >= 0.3 is 0 Å². The molecule has 1 N–H and O–H groups in total. The van der Waals surface area contributed by atoms with Crippen molar-refractivity contribution in [3.05, 3.63) is 34.6 Å². The van der Waals surface area contributed by atoms with Crippen LogP contribution in [-0.2, 0) is 6.54 Å². The molecule has 0 aliphatic carbocycles. The van der Waals surface area contributed by atoms with Crippen LogP contribution in [0.1, 0.15) is 12.0 Å². The van der Waals surface area contributed by atoms with E-state index in [9.17, 15) is 22.0 Å². The van der Waals surface area contributed by atoms with Gasteiger partial charge in [-0.2, -0.15) is 0 Å². The molecule has 1 aromatic carbocycles. The number of rotatable bonds is 3. The molecule has 1 saturated heterocycles. The summed E-state index contributed by atoms with van der Waals surface area (Å²) in [7, 11) is 0. The van der Waals surface area contributed by atoms with Crippen LogP contribution in [0.3, 0.4) is 0 Å². The summed E-state index contributed by atoms with van der Waals surface area (Å²) in [6.07, 6.45) is 0.631. The number of halogens is 5. The summed E-state index contributed by atoms with van der Waals surface area (Å²) in [5, 5.41) is 8.94. The molecule has 1 atom stereocenters. The molecule has 1 aliphatic heterocycles. The molecule has 0 bridgehead atoms. The van der Waals surface area contributed by atoms with Crippen molar-refractivity contribution in [1.29, 1.82) is 0 Å². The first kappa shape index (κ1) is 14.2. The number of nitrogens with zero attached hydrogens (tertiary/aromatic N) is 1. The molecule has 0 aromatic heterocycles. The molecule has 0 saturated carbocycles. The predicted octanol–water partition coefficient (Wildman–Crippen LogP) is 2.20. The normalized spacial score (nSPS) is 20.2. The van der Waals surface area contributed by atoms with E-state index in [0.29, 0.717) is 19.5 Å². The van der Waals surface area contributed by atoms with Gasteiger partial charge in [0.15, 0.2) is 23.3 Å². The molecule has 1 aromatic rings. The van der Waals surface area contributed by atoms with Crippen LogP contribution >= 0.6 is 0 Å². The highest BCUT2D eigenvalue weighted by atomic mass is 19.2. The summed E-state index contributed by atoms with van der Waals surface area (Å²) in [6.45, 7) is 0.399. The second kappa shape index (κ2) is 5.42. The van der Waals surface area contributed by atoms with Crippen molar-refractivity contribution < 1.29 is 27.1 Å². The van der Waals surface area contributed by atoms with E-state index < -0.39 is 34.6 Å². The van der Waals surface area contributed by atoms with E-state index in [1.165, 1.54) is 0 Å². The largest absolute Gasteiger partial charge is 0.396 e. The highest BCUT2D eigenvalue weighted by Gasteiger charge is 2.29. The van der Waals surface area contributed by atoms with Crippen LogP contribution in [0.2, 0.25) is 0 Å². The molecule has 1 aliphatic rings. The molecule has 0 spiro atoms. The van der Waals surface area contributed by atoms with E-state index in [2.05, 4.69) is 0 Å². The van der Waals surface area contributed by atoms with Gasteiger partial charge in [-0.1, -0.05) is 0 Å². The minimum Gasteiger partial charge on any atom is -0.396 e. The summed E-state index contributed by atoms with van der Waals surface area (Å²) in [5.41, 5.74) is -0.824. The number of hydrogen-bond acceptors (Lipinski definition) is 2. The first-order valence-electron chi connectivity index (χ1n) is 5.79. The Hall–Kier alpha value is -1.21. The lowest BCUT2D eigenvalue weighted by Crippen LogP contribution is -2.23. The number of hydrogen-bond donors (Lipinski definition) is 1. The quantitative estimate of drug-likeness (QED) is 0.521. The van der Waals surface area contributed by atoms with Gasteiger partial charge < -0.3 is 5.11 Å². The van der Waals surface area contributed by atoms with Crippen LogP contribution in [0.4, 0.5) is 22.0 Å². The third-order valence-corrected chi connectivity index (χ3v) is 3.31. The van der Waals surface area contributed by atoms with Crippen molar-refractivity contribution in [2.45, 2.75) is 13.0 Å². The van der Waals surface area contributed by atoms with Crippen molar-refractivity contribution in [2.75, 3.05) is 19.7 Å². The maximum atomic E-state index is 13.4. The Bertz CT molecular complexity index is 464. The molecule has 1 fully saturated rings. The Morgan fingerprint density at radius 3 is 1.95 bits per heavy atom. The topological polar surface area (TPSA) is 23.5 Å². The molecule has 1 unspecified atom stereocenters. The average Bonchev–Trinajstić information content (AvgIpc) is 2.87. The number of aliphatic hydroxyl groups is 1. The Kier molecular flexibility index (Phi) is 4.05. The van der Waals surface area contributed by atoms with Crippen LogP contribution < -0.4 is 0 Å². The number of likely N-dealkylation sites (tertiary alicyclic amines) is 1. The molecule has 2 rings (SSSR count). The molecular weight excluding hydrogens is 269 g/mol. The van der Waals surface area contributed by atoms with Crippen LogP contribution in [0, 0.1) is 35.0 Å². The van der Waals surface area contributed by atoms with E-state index in [-0.39, 0.29) is 19.1 Å². The maximum absolute atomic E-state index is 13.4. The van der Waals surface area contributed by atoms with E-state index in [0.717, 1.165) is 0 Å². The first-order valence-corrected chi connectivity index (χ1v) is 5.79. The van der Waals surface area contributed by atoms with Crippen molar-refractivity contribution in [3.63, 3.8) is 0 Å². The molecule has 2 nitrogen and oxygen atoms in total. The molecular formula is C12H12F5NO. The van der Waals surface area contributed by atoms with Crippen LogP contribution in [-0.4, -0.2) is 29.7 Å². The van der Waals surface area contributed by atoms with Gasteiger partial charge in [-0.15, -0.1) is 0 Å². The Labute approximate surface area is 106 Å². The van der Waals surface area contributed by atoms with Gasteiger partial charge in [-0.3, -0.25) is 4.90 Å². The van der Waals surface area contributed by atoms with E-state index in [1.54, 1.807) is 4.90 Å². The molecule has 0 amide bonds. The lowest BCUT2D eigenvalue weighted by Gasteiger charge is -2.17. The lowest BCUT2D eigenvalue weighted by atomic mass is 10.1. The van der Waals surface area contributed by atoms with Crippen LogP contribution in [0.15, 0.2) is 0 Å². The monoisotopic (exact) mass is 281 g/mol. The van der Waals surface area contributed by atoms with Gasteiger partial charge in [0.25, 0.3) is 0 Å². The highest BCUT2D eigenvalue weighted by Crippen LogP contribution is 2.26. The summed E-state index contributed by atoms with van der Waals surface area (Å²) in [5.74, 6) is -9.60. The molecule has 7 heteroatoms. The van der Waals surface area contributed by atoms with Gasteiger partial charge in [-0.25, -0.2) is 22.0 Å². The fourth-order valence-electron chi connectivity index (χ4n) is 2.22. The molecule has 0 radical (unpaired) electrons. The number of aliphatic hydroxyl groups excluding tert-OH is 1. The third-order valence-electron chi connectivity index (χ3n) is 3.31. The maximum Gasteiger partial charge on any atom is 0.200 e. The van der Waals surface area contributed by atoms with Gasteiger partial charge in [-0.05, 0) is 18.9 Å². The zero-order valence-corrected chi connectivity index (χ0v) is 9.90. The second-order valence-corrected chi connectivity index (χ2v) is 4.62. The summed E-state index contributed by atoms with van der Waals surface area (Å²) in [4.78, 5) is 1.55. The lowest BCUT2D eigenvalue weighted by molar-refractivity contribution is 0.218. The smallest absolute Gasteiger partial charge is 0.200 e.